The van der Waals surface area contributed by atoms with Gasteiger partial charge in [-0.1, -0.05) is 38.7 Å². The summed E-state index contributed by atoms with van der Waals surface area (Å²) in [6, 6.07) is 5.30. The molecule has 34 heavy (non-hydrogen) atoms. The Bertz CT molecular complexity index is 1290. The second kappa shape index (κ2) is 11.0. The van der Waals surface area contributed by atoms with E-state index in [0.717, 1.165) is 50.9 Å². The second-order valence-corrected chi connectivity index (χ2v) is 9.32. The van der Waals surface area contributed by atoms with Crippen molar-refractivity contribution >= 4 is 22.6 Å². The summed E-state index contributed by atoms with van der Waals surface area (Å²) >= 11 is 0. The zero-order chi connectivity index (χ0) is 24.1. The first-order valence-electron chi connectivity index (χ1n) is 12.6. The second-order valence-electron chi connectivity index (χ2n) is 9.32. The molecule has 0 saturated carbocycles. The van der Waals surface area contributed by atoms with Crippen molar-refractivity contribution in [2.24, 2.45) is 0 Å². The normalized spacial score (nSPS) is 14.6. The van der Waals surface area contributed by atoms with Crippen LogP contribution in [-0.2, 0) is 6.54 Å². The van der Waals surface area contributed by atoms with Crippen molar-refractivity contribution in [1.82, 2.24) is 24.2 Å². The number of hydrogen-bond donors (Lipinski definition) is 2. The Balaban J connectivity index is 1.71. The topological polar surface area (TPSA) is 95.5 Å². The van der Waals surface area contributed by atoms with E-state index in [-0.39, 0.29) is 22.5 Å². The molecular weight excluding hydrogens is 428 g/mol. The number of carbonyl (C=O) groups excluding carboxylic acids is 1. The standard InChI is InChI=1S/C26H36N6O2/c1-3-4-5-9-15-31-22(27)20(25(33)28-12-17-30-13-7-6-8-14-30)18-21-24(31)29-23-19(2)11-10-16-32(23)26(21)34/h10-11,16,18,27H,3-9,12-15,17H2,1-2H3,(H,28,33). The average Bonchev–Trinajstić information content (AvgIpc) is 2.84. The van der Waals surface area contributed by atoms with Crippen LogP contribution < -0.4 is 16.4 Å². The highest BCUT2D eigenvalue weighted by molar-refractivity contribution is 5.96. The molecule has 0 aliphatic carbocycles. The Hall–Kier alpha value is -3.00. The molecule has 0 atom stereocenters. The summed E-state index contributed by atoms with van der Waals surface area (Å²) in [5.41, 5.74) is 2.09. The minimum Gasteiger partial charge on any atom is -0.351 e. The van der Waals surface area contributed by atoms with Crippen LogP contribution in [0.2, 0.25) is 0 Å². The molecule has 8 heteroatoms. The first kappa shape index (κ1) is 24.1. The molecule has 8 nitrogen and oxygen atoms in total. The number of nitrogens with zero attached hydrogens (tertiary/aromatic N) is 4. The fraction of sp³-hybridized carbons (Fsp3) is 0.538. The van der Waals surface area contributed by atoms with Crippen molar-refractivity contribution in [2.75, 3.05) is 26.2 Å². The van der Waals surface area contributed by atoms with Gasteiger partial charge in [-0.05, 0) is 57.0 Å². The van der Waals surface area contributed by atoms with Gasteiger partial charge in [0.05, 0.1) is 10.9 Å². The van der Waals surface area contributed by atoms with Gasteiger partial charge in [-0.15, -0.1) is 0 Å². The van der Waals surface area contributed by atoms with Gasteiger partial charge in [0.15, 0.2) is 0 Å². The molecule has 2 N–H and O–H groups in total. The van der Waals surface area contributed by atoms with Crippen molar-refractivity contribution in [1.29, 1.82) is 5.41 Å². The molecule has 3 aromatic heterocycles. The minimum atomic E-state index is -0.306. The first-order chi connectivity index (χ1) is 16.5. The van der Waals surface area contributed by atoms with Gasteiger partial charge in [0.25, 0.3) is 11.5 Å². The van der Waals surface area contributed by atoms with Gasteiger partial charge in [0.2, 0.25) is 0 Å². The third kappa shape index (κ3) is 5.06. The van der Waals surface area contributed by atoms with Crippen LogP contribution in [0.1, 0.15) is 67.8 Å². The molecule has 0 bridgehead atoms. The third-order valence-electron chi connectivity index (χ3n) is 6.78. The van der Waals surface area contributed by atoms with Crippen LogP contribution in [0.25, 0.3) is 16.7 Å². The molecule has 1 saturated heterocycles. The number of hydrogen-bond acceptors (Lipinski definition) is 5. The fourth-order valence-electron chi connectivity index (χ4n) is 4.79. The maximum Gasteiger partial charge on any atom is 0.267 e. The lowest BCUT2D eigenvalue weighted by molar-refractivity contribution is 0.0944. The Kier molecular flexibility index (Phi) is 7.77. The molecule has 0 spiro atoms. The summed E-state index contributed by atoms with van der Waals surface area (Å²) in [6.45, 7) is 8.11. The van der Waals surface area contributed by atoms with E-state index in [4.69, 9.17) is 10.4 Å². The zero-order valence-electron chi connectivity index (χ0n) is 20.4. The van der Waals surface area contributed by atoms with Gasteiger partial charge in [0, 0.05) is 25.8 Å². The SMILES string of the molecule is CCCCCCn1c(=N)c(C(=O)NCCN2CCCCC2)cc2c(=O)n3cccc(C)c3nc21. The smallest absolute Gasteiger partial charge is 0.267 e. The number of piperidine rings is 1. The van der Waals surface area contributed by atoms with Crippen LogP contribution in [0.4, 0.5) is 0 Å². The van der Waals surface area contributed by atoms with Crippen molar-refractivity contribution in [2.45, 2.75) is 65.3 Å². The molecule has 4 rings (SSSR count). The highest BCUT2D eigenvalue weighted by atomic mass is 16.1. The van der Waals surface area contributed by atoms with Crippen molar-refractivity contribution in [3.05, 3.63) is 51.4 Å². The lowest BCUT2D eigenvalue weighted by Gasteiger charge is -2.26. The van der Waals surface area contributed by atoms with Gasteiger partial charge >= 0.3 is 0 Å². The van der Waals surface area contributed by atoms with E-state index in [0.29, 0.717) is 29.8 Å². The number of amides is 1. The quantitative estimate of drug-likeness (QED) is 0.375. The Morgan fingerprint density at radius 1 is 1.12 bits per heavy atom. The maximum absolute atomic E-state index is 13.4. The zero-order valence-corrected chi connectivity index (χ0v) is 20.4. The number of aromatic nitrogens is 3. The van der Waals surface area contributed by atoms with Gasteiger partial charge in [-0.25, -0.2) is 4.98 Å². The summed E-state index contributed by atoms with van der Waals surface area (Å²) in [5.74, 6) is -0.306. The average molecular weight is 465 g/mol. The molecule has 182 valence electrons. The monoisotopic (exact) mass is 464 g/mol. The number of pyridine rings is 2. The highest BCUT2D eigenvalue weighted by Gasteiger charge is 2.18. The van der Waals surface area contributed by atoms with Crippen LogP contribution in [0, 0.1) is 12.3 Å². The fourth-order valence-corrected chi connectivity index (χ4v) is 4.79. The lowest BCUT2D eigenvalue weighted by Crippen LogP contribution is -2.40. The summed E-state index contributed by atoms with van der Waals surface area (Å²) < 4.78 is 3.28. The summed E-state index contributed by atoms with van der Waals surface area (Å²) in [4.78, 5) is 33.7. The molecular formula is C26H36N6O2. The number of likely N-dealkylation sites (tertiary alicyclic amines) is 1. The molecule has 1 fully saturated rings. The predicted octanol–water partition coefficient (Wildman–Crippen LogP) is 3.23. The molecule has 0 unspecified atom stereocenters. The molecule has 1 aliphatic heterocycles. The summed E-state index contributed by atoms with van der Waals surface area (Å²) in [6.07, 6.45) is 9.52. The van der Waals surface area contributed by atoms with E-state index in [1.807, 2.05) is 19.1 Å². The lowest BCUT2D eigenvalue weighted by atomic mass is 10.1. The van der Waals surface area contributed by atoms with E-state index in [9.17, 15) is 9.59 Å². The Morgan fingerprint density at radius 2 is 1.91 bits per heavy atom. The van der Waals surface area contributed by atoms with Gasteiger partial charge in [-0.3, -0.25) is 19.4 Å². The molecule has 1 amide bonds. The number of nitrogens with one attached hydrogen (secondary N) is 2. The summed E-state index contributed by atoms with van der Waals surface area (Å²) in [7, 11) is 0. The number of aryl methyl sites for hydroxylation is 2. The van der Waals surface area contributed by atoms with E-state index in [1.165, 1.54) is 23.7 Å². The van der Waals surface area contributed by atoms with Crippen LogP contribution >= 0.6 is 0 Å². The molecule has 3 aromatic rings. The van der Waals surface area contributed by atoms with Gasteiger partial charge in [-0.2, -0.15) is 0 Å². The maximum atomic E-state index is 13.4. The first-order valence-corrected chi connectivity index (χ1v) is 12.6. The Morgan fingerprint density at radius 3 is 2.68 bits per heavy atom. The van der Waals surface area contributed by atoms with E-state index < -0.39 is 0 Å². The van der Waals surface area contributed by atoms with Crippen molar-refractivity contribution in [3.63, 3.8) is 0 Å². The molecule has 0 aromatic carbocycles. The Labute approximate surface area is 200 Å². The summed E-state index contributed by atoms with van der Waals surface area (Å²) in [5, 5.41) is 12.2. The largest absolute Gasteiger partial charge is 0.351 e. The van der Waals surface area contributed by atoms with Gasteiger partial charge < -0.3 is 14.8 Å². The number of rotatable bonds is 9. The van der Waals surface area contributed by atoms with E-state index in [1.54, 1.807) is 16.8 Å². The van der Waals surface area contributed by atoms with Crippen LogP contribution in [0.3, 0.4) is 0 Å². The van der Waals surface area contributed by atoms with Crippen molar-refractivity contribution in [3.8, 4) is 0 Å². The number of carbonyl (C=O) groups is 1. The number of fused-ring (bicyclic) bond motifs is 2. The molecule has 1 aliphatic rings. The van der Waals surface area contributed by atoms with E-state index >= 15 is 0 Å². The minimum absolute atomic E-state index is 0.115. The third-order valence-corrected chi connectivity index (χ3v) is 6.78. The van der Waals surface area contributed by atoms with Gasteiger partial charge in [0.1, 0.15) is 16.8 Å². The van der Waals surface area contributed by atoms with Crippen molar-refractivity contribution < 1.29 is 4.79 Å². The molecule has 4 heterocycles. The van der Waals surface area contributed by atoms with Crippen LogP contribution in [-0.4, -0.2) is 50.9 Å². The van der Waals surface area contributed by atoms with Crippen LogP contribution in [0.5, 0.6) is 0 Å². The molecule has 0 radical (unpaired) electrons. The van der Waals surface area contributed by atoms with Crippen LogP contribution in [0.15, 0.2) is 29.2 Å². The number of unbranched alkanes of at least 4 members (excludes halogenated alkanes) is 3. The highest BCUT2D eigenvalue weighted by Crippen LogP contribution is 2.14. The predicted molar refractivity (Wildman–Crippen MR) is 134 cm³/mol. The van der Waals surface area contributed by atoms with E-state index in [2.05, 4.69) is 17.1 Å².